The van der Waals surface area contributed by atoms with Crippen LogP contribution >= 0.6 is 0 Å². The second kappa shape index (κ2) is 7.84. The molecule has 2 fully saturated rings. The first-order chi connectivity index (χ1) is 15.3. The molecule has 0 aromatic heterocycles. The van der Waals surface area contributed by atoms with Gasteiger partial charge in [-0.25, -0.2) is 9.59 Å². The highest BCUT2D eigenvalue weighted by Crippen LogP contribution is 2.44. The molecule has 0 spiro atoms. The lowest BCUT2D eigenvalue weighted by Gasteiger charge is -2.27. The van der Waals surface area contributed by atoms with Crippen LogP contribution < -0.4 is 0 Å². The SMILES string of the molecule is CC(C)(C)OC(=O)N1CC2CCN(C(=O)OCC3c4ccccc4-c4ccccc43)C2C1. The van der Waals surface area contributed by atoms with Crippen molar-refractivity contribution in [2.45, 2.75) is 44.8 Å². The van der Waals surface area contributed by atoms with Gasteiger partial charge in [-0.15, -0.1) is 0 Å². The number of nitrogens with zero attached hydrogens (tertiary/aromatic N) is 2. The molecule has 32 heavy (non-hydrogen) atoms. The molecule has 6 nitrogen and oxygen atoms in total. The molecule has 2 saturated heterocycles. The topological polar surface area (TPSA) is 59.1 Å². The van der Waals surface area contributed by atoms with Gasteiger partial charge >= 0.3 is 12.2 Å². The number of ether oxygens (including phenoxy) is 2. The Bertz CT molecular complexity index is 999. The zero-order chi connectivity index (χ0) is 22.5. The Morgan fingerprint density at radius 2 is 1.56 bits per heavy atom. The Kier molecular flexibility index (Phi) is 5.11. The molecule has 168 valence electrons. The third-order valence-electron chi connectivity index (χ3n) is 6.77. The molecule has 2 aromatic carbocycles. The Balaban J connectivity index is 1.24. The van der Waals surface area contributed by atoms with Gasteiger partial charge in [0.1, 0.15) is 12.2 Å². The van der Waals surface area contributed by atoms with Gasteiger partial charge in [0.25, 0.3) is 0 Å². The van der Waals surface area contributed by atoms with Crippen LogP contribution in [0, 0.1) is 5.92 Å². The number of amides is 2. The van der Waals surface area contributed by atoms with E-state index in [0.29, 0.717) is 26.2 Å². The highest BCUT2D eigenvalue weighted by molar-refractivity contribution is 5.79. The highest BCUT2D eigenvalue weighted by atomic mass is 16.6. The largest absolute Gasteiger partial charge is 0.448 e. The molecule has 2 aromatic rings. The normalized spacial score (nSPS) is 21.8. The first-order valence-corrected chi connectivity index (χ1v) is 11.4. The molecular weight excluding hydrogens is 404 g/mol. The Morgan fingerprint density at radius 1 is 0.938 bits per heavy atom. The Morgan fingerprint density at radius 3 is 2.19 bits per heavy atom. The minimum atomic E-state index is -0.527. The summed E-state index contributed by atoms with van der Waals surface area (Å²) in [5.41, 5.74) is 4.32. The maximum Gasteiger partial charge on any atom is 0.410 e. The van der Waals surface area contributed by atoms with Crippen molar-refractivity contribution in [2.75, 3.05) is 26.2 Å². The van der Waals surface area contributed by atoms with Crippen molar-refractivity contribution in [3.05, 3.63) is 59.7 Å². The molecule has 5 rings (SSSR count). The average molecular weight is 435 g/mol. The summed E-state index contributed by atoms with van der Waals surface area (Å²) in [6, 6.07) is 16.7. The minimum Gasteiger partial charge on any atom is -0.448 e. The van der Waals surface area contributed by atoms with Crippen LogP contribution in [0.2, 0.25) is 0 Å². The molecule has 0 bridgehead atoms. The van der Waals surface area contributed by atoms with Crippen molar-refractivity contribution < 1.29 is 19.1 Å². The third kappa shape index (κ3) is 3.72. The number of fused-ring (bicyclic) bond motifs is 4. The molecule has 2 aliphatic heterocycles. The summed E-state index contributed by atoms with van der Waals surface area (Å²) < 4.78 is 11.4. The van der Waals surface area contributed by atoms with Crippen LogP contribution in [0.25, 0.3) is 11.1 Å². The molecule has 3 aliphatic rings. The summed E-state index contributed by atoms with van der Waals surface area (Å²) in [5, 5.41) is 0. The second-order valence-electron chi connectivity index (χ2n) is 10.00. The summed E-state index contributed by atoms with van der Waals surface area (Å²) in [6.07, 6.45) is 0.290. The summed E-state index contributed by atoms with van der Waals surface area (Å²) in [6.45, 7) is 7.72. The van der Waals surface area contributed by atoms with Crippen molar-refractivity contribution in [2.24, 2.45) is 5.92 Å². The van der Waals surface area contributed by atoms with Crippen LogP contribution in [-0.2, 0) is 9.47 Å². The van der Waals surface area contributed by atoms with E-state index in [0.717, 1.165) is 6.42 Å². The van der Waals surface area contributed by atoms with E-state index in [1.807, 2.05) is 49.9 Å². The minimum absolute atomic E-state index is 0.00170. The van der Waals surface area contributed by atoms with Gasteiger partial charge in [0.2, 0.25) is 0 Å². The number of hydrogen-bond acceptors (Lipinski definition) is 4. The van der Waals surface area contributed by atoms with E-state index in [2.05, 4.69) is 24.3 Å². The maximum absolute atomic E-state index is 13.0. The highest BCUT2D eigenvalue weighted by Gasteiger charge is 2.46. The monoisotopic (exact) mass is 434 g/mol. The fraction of sp³-hybridized carbons (Fsp3) is 0.462. The van der Waals surface area contributed by atoms with Gasteiger partial charge < -0.3 is 19.3 Å². The van der Waals surface area contributed by atoms with Crippen molar-refractivity contribution in [3.63, 3.8) is 0 Å². The van der Waals surface area contributed by atoms with Gasteiger partial charge in [-0.05, 0) is 49.4 Å². The number of likely N-dealkylation sites (tertiary alicyclic amines) is 2. The molecular formula is C26H30N2O4. The third-order valence-corrected chi connectivity index (χ3v) is 6.77. The van der Waals surface area contributed by atoms with Gasteiger partial charge in [0.05, 0.1) is 6.04 Å². The number of carbonyl (C=O) groups is 2. The molecule has 2 atom stereocenters. The first-order valence-electron chi connectivity index (χ1n) is 11.4. The van der Waals surface area contributed by atoms with Crippen LogP contribution in [0.15, 0.2) is 48.5 Å². The van der Waals surface area contributed by atoms with E-state index >= 15 is 0 Å². The summed E-state index contributed by atoms with van der Waals surface area (Å²) in [7, 11) is 0. The molecule has 2 amide bonds. The summed E-state index contributed by atoms with van der Waals surface area (Å²) in [4.78, 5) is 29.0. The van der Waals surface area contributed by atoms with E-state index < -0.39 is 5.60 Å². The maximum atomic E-state index is 13.0. The number of hydrogen-bond donors (Lipinski definition) is 0. The molecule has 2 unspecified atom stereocenters. The van der Waals surface area contributed by atoms with Crippen LogP contribution in [-0.4, -0.2) is 59.9 Å². The number of carbonyl (C=O) groups excluding carboxylic acids is 2. The molecule has 0 radical (unpaired) electrons. The molecule has 0 N–H and O–H groups in total. The zero-order valence-corrected chi connectivity index (χ0v) is 18.9. The van der Waals surface area contributed by atoms with Crippen LogP contribution in [0.4, 0.5) is 9.59 Å². The van der Waals surface area contributed by atoms with E-state index in [-0.39, 0.29) is 30.1 Å². The zero-order valence-electron chi connectivity index (χ0n) is 18.9. The van der Waals surface area contributed by atoms with Crippen molar-refractivity contribution >= 4 is 12.2 Å². The van der Waals surface area contributed by atoms with Crippen LogP contribution in [0.1, 0.15) is 44.2 Å². The van der Waals surface area contributed by atoms with Crippen molar-refractivity contribution in [1.29, 1.82) is 0 Å². The van der Waals surface area contributed by atoms with Gasteiger partial charge in [-0.3, -0.25) is 0 Å². The lowest BCUT2D eigenvalue weighted by molar-refractivity contribution is 0.0267. The van der Waals surface area contributed by atoms with Crippen molar-refractivity contribution in [3.8, 4) is 11.1 Å². The van der Waals surface area contributed by atoms with E-state index in [1.54, 1.807) is 4.90 Å². The smallest absolute Gasteiger partial charge is 0.410 e. The van der Waals surface area contributed by atoms with Crippen molar-refractivity contribution in [1.82, 2.24) is 9.80 Å². The van der Waals surface area contributed by atoms with Gasteiger partial charge in [-0.2, -0.15) is 0 Å². The molecule has 2 heterocycles. The quantitative estimate of drug-likeness (QED) is 0.676. The average Bonchev–Trinajstić information content (AvgIpc) is 3.42. The van der Waals surface area contributed by atoms with Gasteiger partial charge in [0, 0.05) is 31.5 Å². The van der Waals surface area contributed by atoms with E-state index in [4.69, 9.17) is 9.47 Å². The lowest BCUT2D eigenvalue weighted by Crippen LogP contribution is -2.42. The fourth-order valence-electron chi connectivity index (χ4n) is 5.34. The summed E-state index contributed by atoms with van der Waals surface area (Å²) in [5.74, 6) is 0.328. The Hall–Kier alpha value is -3.02. The van der Waals surface area contributed by atoms with Gasteiger partial charge in [0.15, 0.2) is 0 Å². The lowest BCUT2D eigenvalue weighted by atomic mass is 9.98. The predicted molar refractivity (Wildman–Crippen MR) is 121 cm³/mol. The predicted octanol–water partition coefficient (Wildman–Crippen LogP) is 4.88. The Labute approximate surface area is 189 Å². The molecule has 0 saturated carbocycles. The van der Waals surface area contributed by atoms with E-state index in [9.17, 15) is 9.59 Å². The number of benzene rings is 2. The van der Waals surface area contributed by atoms with Crippen LogP contribution in [0.3, 0.4) is 0 Å². The van der Waals surface area contributed by atoms with Gasteiger partial charge in [-0.1, -0.05) is 48.5 Å². The standard InChI is InChI=1S/C26H30N2O4/c1-26(2,3)32-24(29)27-14-17-12-13-28(23(17)15-27)25(30)31-16-22-20-10-6-4-8-18(20)19-9-5-7-11-21(19)22/h4-11,17,22-23H,12-16H2,1-3H3. The molecule has 6 heteroatoms. The second-order valence-corrected chi connectivity index (χ2v) is 10.00. The van der Waals surface area contributed by atoms with E-state index in [1.165, 1.54) is 22.3 Å². The number of rotatable bonds is 2. The van der Waals surface area contributed by atoms with Crippen LogP contribution in [0.5, 0.6) is 0 Å². The first kappa shape index (κ1) is 20.9. The summed E-state index contributed by atoms with van der Waals surface area (Å²) >= 11 is 0. The fourth-order valence-corrected chi connectivity index (χ4v) is 5.34. The molecule has 1 aliphatic carbocycles.